The zero-order chi connectivity index (χ0) is 9.14. The van der Waals surface area contributed by atoms with Crippen molar-refractivity contribution < 1.29 is 0 Å². The van der Waals surface area contributed by atoms with Crippen LogP contribution in [-0.2, 0) is 11.9 Å². The number of hydrogen-bond donors (Lipinski definition) is 0. The van der Waals surface area contributed by atoms with Crippen LogP contribution >= 0.6 is 31.9 Å². The standard InChI is InChI=1S/C7H11Br2N3/c1-5(2)4-12-6(3-8)7(9)10-11-12/h5H,3-4H2,1-2H3. The van der Waals surface area contributed by atoms with Gasteiger partial charge in [0.15, 0.2) is 4.60 Å². The molecule has 0 aliphatic carbocycles. The molecule has 0 bridgehead atoms. The highest BCUT2D eigenvalue weighted by molar-refractivity contribution is 9.10. The van der Waals surface area contributed by atoms with Gasteiger partial charge in [-0.2, -0.15) is 0 Å². The quantitative estimate of drug-likeness (QED) is 0.803. The number of alkyl halides is 1. The third kappa shape index (κ3) is 2.29. The van der Waals surface area contributed by atoms with Gasteiger partial charge in [-0.25, -0.2) is 4.68 Å². The van der Waals surface area contributed by atoms with E-state index in [2.05, 4.69) is 56.0 Å². The Morgan fingerprint density at radius 2 is 2.17 bits per heavy atom. The van der Waals surface area contributed by atoms with Gasteiger partial charge in [-0.3, -0.25) is 0 Å². The molecule has 0 N–H and O–H groups in total. The molecule has 0 aliphatic rings. The van der Waals surface area contributed by atoms with Crippen LogP contribution in [0.25, 0.3) is 0 Å². The number of aromatic nitrogens is 3. The average molecular weight is 297 g/mol. The van der Waals surface area contributed by atoms with Crippen LogP contribution in [0.3, 0.4) is 0 Å². The molecule has 0 aromatic carbocycles. The fourth-order valence-corrected chi connectivity index (χ4v) is 2.28. The Labute approximate surface area is 88.8 Å². The summed E-state index contributed by atoms with van der Waals surface area (Å²) in [6, 6.07) is 0. The van der Waals surface area contributed by atoms with Gasteiger partial charge in [-0.1, -0.05) is 35.0 Å². The summed E-state index contributed by atoms with van der Waals surface area (Å²) in [5.74, 6) is 0.594. The lowest BCUT2D eigenvalue weighted by molar-refractivity contribution is 0.463. The van der Waals surface area contributed by atoms with Crippen molar-refractivity contribution in [3.8, 4) is 0 Å². The van der Waals surface area contributed by atoms with Crippen molar-refractivity contribution in [2.45, 2.75) is 25.7 Å². The Bertz CT molecular complexity index is 257. The molecule has 0 atom stereocenters. The normalized spacial score (nSPS) is 11.1. The number of halogens is 2. The molecule has 1 aromatic heterocycles. The smallest absolute Gasteiger partial charge is 0.152 e. The van der Waals surface area contributed by atoms with Gasteiger partial charge in [0, 0.05) is 11.9 Å². The van der Waals surface area contributed by atoms with Crippen LogP contribution in [0.5, 0.6) is 0 Å². The summed E-state index contributed by atoms with van der Waals surface area (Å²) in [6.07, 6.45) is 0. The van der Waals surface area contributed by atoms with E-state index in [4.69, 9.17) is 0 Å². The zero-order valence-corrected chi connectivity index (χ0v) is 10.3. The Morgan fingerprint density at radius 1 is 1.50 bits per heavy atom. The van der Waals surface area contributed by atoms with Crippen LogP contribution in [0.2, 0.25) is 0 Å². The molecule has 0 fully saturated rings. The first-order valence-electron chi connectivity index (χ1n) is 3.79. The summed E-state index contributed by atoms with van der Waals surface area (Å²) in [5.41, 5.74) is 1.10. The molecule has 1 heterocycles. The fourth-order valence-electron chi connectivity index (χ4n) is 0.928. The molecule has 0 unspecified atom stereocenters. The van der Waals surface area contributed by atoms with E-state index in [1.807, 2.05) is 4.68 Å². The molecule has 12 heavy (non-hydrogen) atoms. The van der Waals surface area contributed by atoms with Crippen molar-refractivity contribution >= 4 is 31.9 Å². The highest BCUT2D eigenvalue weighted by Crippen LogP contribution is 2.16. The summed E-state index contributed by atoms with van der Waals surface area (Å²) < 4.78 is 2.75. The predicted octanol–water partition coefficient (Wildman–Crippen LogP) is 2.59. The number of nitrogens with zero attached hydrogens (tertiary/aromatic N) is 3. The minimum Gasteiger partial charge on any atom is -0.247 e. The van der Waals surface area contributed by atoms with Crippen LogP contribution in [0.15, 0.2) is 4.60 Å². The lowest BCUT2D eigenvalue weighted by atomic mass is 10.2. The zero-order valence-electron chi connectivity index (χ0n) is 7.09. The maximum Gasteiger partial charge on any atom is 0.152 e. The lowest BCUT2D eigenvalue weighted by Crippen LogP contribution is -2.08. The van der Waals surface area contributed by atoms with Crippen LogP contribution in [0.1, 0.15) is 19.5 Å². The number of rotatable bonds is 3. The van der Waals surface area contributed by atoms with Gasteiger partial charge >= 0.3 is 0 Å². The number of hydrogen-bond acceptors (Lipinski definition) is 2. The van der Waals surface area contributed by atoms with Crippen molar-refractivity contribution in [1.82, 2.24) is 15.0 Å². The van der Waals surface area contributed by atoms with Crippen molar-refractivity contribution in [1.29, 1.82) is 0 Å². The highest BCUT2D eigenvalue weighted by Gasteiger charge is 2.09. The first-order valence-corrected chi connectivity index (χ1v) is 5.70. The molecule has 0 saturated heterocycles. The molecule has 0 saturated carbocycles. The molecule has 0 spiro atoms. The van der Waals surface area contributed by atoms with Crippen molar-refractivity contribution in [2.75, 3.05) is 0 Å². The second kappa shape index (κ2) is 4.37. The summed E-state index contributed by atoms with van der Waals surface area (Å²) in [4.78, 5) is 0. The Balaban J connectivity index is 2.84. The maximum absolute atomic E-state index is 4.02. The SMILES string of the molecule is CC(C)Cn1nnc(Br)c1CBr. The van der Waals surface area contributed by atoms with Crippen LogP contribution in [0.4, 0.5) is 0 Å². The first-order chi connectivity index (χ1) is 5.65. The minimum atomic E-state index is 0.594. The average Bonchev–Trinajstić information content (AvgIpc) is 2.30. The molecule has 68 valence electrons. The molecular weight excluding hydrogens is 286 g/mol. The summed E-state index contributed by atoms with van der Waals surface area (Å²) in [6.45, 7) is 5.24. The monoisotopic (exact) mass is 295 g/mol. The second-order valence-corrected chi connectivity index (χ2v) is 4.35. The van der Waals surface area contributed by atoms with Crippen LogP contribution in [-0.4, -0.2) is 15.0 Å². The van der Waals surface area contributed by atoms with Crippen molar-refractivity contribution in [3.05, 3.63) is 10.3 Å². The van der Waals surface area contributed by atoms with Crippen LogP contribution < -0.4 is 0 Å². The van der Waals surface area contributed by atoms with Gasteiger partial charge in [0.2, 0.25) is 0 Å². The molecule has 1 aromatic rings. The second-order valence-electron chi connectivity index (χ2n) is 3.04. The van der Waals surface area contributed by atoms with E-state index < -0.39 is 0 Å². The van der Waals surface area contributed by atoms with Crippen molar-refractivity contribution in [3.63, 3.8) is 0 Å². The molecule has 5 heteroatoms. The van der Waals surface area contributed by atoms with E-state index in [9.17, 15) is 0 Å². The van der Waals surface area contributed by atoms with E-state index >= 15 is 0 Å². The summed E-state index contributed by atoms with van der Waals surface area (Å²) in [7, 11) is 0. The topological polar surface area (TPSA) is 30.7 Å². The molecule has 0 radical (unpaired) electrons. The summed E-state index contributed by atoms with van der Waals surface area (Å²) in [5, 5.41) is 8.74. The van der Waals surface area contributed by atoms with Crippen molar-refractivity contribution in [2.24, 2.45) is 5.92 Å². The third-order valence-electron chi connectivity index (χ3n) is 1.45. The Hall–Kier alpha value is 0.1000. The maximum atomic E-state index is 4.02. The third-order valence-corrected chi connectivity index (χ3v) is 2.60. The van der Waals surface area contributed by atoms with Gasteiger partial charge in [0.1, 0.15) is 0 Å². The van der Waals surface area contributed by atoms with Crippen LogP contribution in [0, 0.1) is 5.92 Å². The van der Waals surface area contributed by atoms with Gasteiger partial charge in [0.25, 0.3) is 0 Å². The minimum absolute atomic E-state index is 0.594. The molecule has 0 amide bonds. The van der Waals surface area contributed by atoms with E-state index in [1.165, 1.54) is 0 Å². The lowest BCUT2D eigenvalue weighted by Gasteiger charge is -2.06. The summed E-state index contributed by atoms with van der Waals surface area (Å²) >= 11 is 6.74. The van der Waals surface area contributed by atoms with E-state index in [0.29, 0.717) is 5.92 Å². The molecule has 3 nitrogen and oxygen atoms in total. The van der Waals surface area contributed by atoms with Gasteiger partial charge < -0.3 is 0 Å². The molecule has 1 rings (SSSR count). The van der Waals surface area contributed by atoms with Gasteiger partial charge in [-0.15, -0.1) is 5.10 Å². The predicted molar refractivity (Wildman–Crippen MR) is 55.2 cm³/mol. The van der Waals surface area contributed by atoms with Gasteiger partial charge in [-0.05, 0) is 21.8 Å². The van der Waals surface area contributed by atoms with Gasteiger partial charge in [0.05, 0.1) is 5.69 Å². The molecular formula is C7H11Br2N3. The Kier molecular flexibility index (Phi) is 3.71. The Morgan fingerprint density at radius 3 is 2.67 bits per heavy atom. The highest BCUT2D eigenvalue weighted by atomic mass is 79.9. The van der Waals surface area contributed by atoms with E-state index in [0.717, 1.165) is 22.2 Å². The fraction of sp³-hybridized carbons (Fsp3) is 0.714. The first kappa shape index (κ1) is 10.2. The molecule has 0 aliphatic heterocycles. The van der Waals surface area contributed by atoms with E-state index in [-0.39, 0.29) is 0 Å². The van der Waals surface area contributed by atoms with E-state index in [1.54, 1.807) is 0 Å². The largest absolute Gasteiger partial charge is 0.247 e.